The number of aromatic nitrogens is 6. The standard InChI is InChI=1S/C24H22ClF4N7O3/c25-16-6-4-15(5-7-16)21-32-35(23(38)34(21)13-19(37)24(27,28)29)14-20-30-22(33-8-10-39-11-9-33)36(31-20)18-3-1-2-17(26)12-18/h1-7,12,19,37H,8-11,13-14H2/t19-/m0/s1. The van der Waals surface area contributed by atoms with E-state index in [0.29, 0.717) is 48.5 Å². The normalized spacial score (nSPS) is 15.1. The second-order valence-electron chi connectivity index (χ2n) is 8.76. The lowest BCUT2D eigenvalue weighted by molar-refractivity contribution is -0.207. The molecule has 3 heterocycles. The van der Waals surface area contributed by atoms with Crippen molar-refractivity contribution >= 4 is 17.5 Å². The zero-order valence-corrected chi connectivity index (χ0v) is 21.0. The fourth-order valence-electron chi connectivity index (χ4n) is 4.09. The maximum atomic E-state index is 14.0. The molecule has 2 aromatic heterocycles. The molecule has 4 aromatic rings. The molecule has 206 valence electrons. The molecular formula is C24H22ClF4N7O3. The van der Waals surface area contributed by atoms with Crippen LogP contribution in [0.3, 0.4) is 0 Å². The number of aliphatic hydroxyl groups is 1. The predicted molar refractivity (Wildman–Crippen MR) is 132 cm³/mol. The summed E-state index contributed by atoms with van der Waals surface area (Å²) in [6.07, 6.45) is -7.74. The molecule has 0 saturated carbocycles. The summed E-state index contributed by atoms with van der Waals surface area (Å²) in [4.78, 5) is 19.7. The molecule has 39 heavy (non-hydrogen) atoms. The summed E-state index contributed by atoms with van der Waals surface area (Å²) in [7, 11) is 0. The first-order chi connectivity index (χ1) is 18.6. The highest BCUT2D eigenvalue weighted by Crippen LogP contribution is 2.25. The number of rotatable bonds is 7. The minimum atomic E-state index is -4.95. The highest BCUT2D eigenvalue weighted by molar-refractivity contribution is 6.30. The molecule has 1 N–H and O–H groups in total. The number of nitrogens with zero attached hydrogens (tertiary/aromatic N) is 7. The summed E-state index contributed by atoms with van der Waals surface area (Å²) in [5.74, 6) is -0.0791. The number of benzene rings is 2. The fraction of sp³-hybridized carbons (Fsp3) is 0.333. The van der Waals surface area contributed by atoms with Gasteiger partial charge in [-0.25, -0.2) is 13.9 Å². The van der Waals surface area contributed by atoms with Crippen LogP contribution in [0.1, 0.15) is 5.82 Å². The third-order valence-corrected chi connectivity index (χ3v) is 6.28. The molecule has 1 atom stereocenters. The Morgan fingerprint density at radius 1 is 1.08 bits per heavy atom. The number of morpholine rings is 1. The van der Waals surface area contributed by atoms with Crippen LogP contribution >= 0.6 is 11.6 Å². The number of halogens is 5. The van der Waals surface area contributed by atoms with Crippen molar-refractivity contribution in [2.45, 2.75) is 25.4 Å². The van der Waals surface area contributed by atoms with Crippen molar-refractivity contribution in [1.82, 2.24) is 29.1 Å². The Morgan fingerprint density at radius 3 is 2.46 bits per heavy atom. The molecule has 1 aliphatic rings. The average molecular weight is 568 g/mol. The second-order valence-corrected chi connectivity index (χ2v) is 9.19. The molecule has 1 aliphatic heterocycles. The number of anilines is 1. The summed E-state index contributed by atoms with van der Waals surface area (Å²) in [6.45, 7) is 0.525. The summed E-state index contributed by atoms with van der Waals surface area (Å²) in [5.41, 5.74) is -0.196. The second kappa shape index (κ2) is 10.8. The molecular weight excluding hydrogens is 546 g/mol. The van der Waals surface area contributed by atoms with Crippen molar-refractivity contribution in [1.29, 1.82) is 0 Å². The van der Waals surface area contributed by atoms with Gasteiger partial charge in [0.15, 0.2) is 17.8 Å². The average Bonchev–Trinajstić information content (AvgIpc) is 3.46. The van der Waals surface area contributed by atoms with Crippen LogP contribution in [0.15, 0.2) is 53.3 Å². The Morgan fingerprint density at radius 2 is 1.79 bits per heavy atom. The molecule has 15 heteroatoms. The number of aliphatic hydroxyl groups excluding tert-OH is 1. The molecule has 2 aromatic carbocycles. The molecule has 0 bridgehead atoms. The van der Waals surface area contributed by atoms with Crippen LogP contribution in [0, 0.1) is 5.82 Å². The van der Waals surface area contributed by atoms with E-state index in [4.69, 9.17) is 16.3 Å². The topological polar surface area (TPSA) is 103 Å². The minimum absolute atomic E-state index is 0.0991. The summed E-state index contributed by atoms with van der Waals surface area (Å²) in [6, 6.07) is 11.7. The molecule has 0 radical (unpaired) electrons. The van der Waals surface area contributed by atoms with Gasteiger partial charge in [-0.05, 0) is 42.5 Å². The van der Waals surface area contributed by atoms with Gasteiger partial charge in [0, 0.05) is 23.7 Å². The Labute approximate surface area is 223 Å². The SMILES string of the molecule is O=c1n(Cc2nc(N3CCOCC3)n(-c3cccc(F)c3)n2)nc(-c2ccc(Cl)cc2)n1C[C@H](O)C(F)(F)F. The van der Waals surface area contributed by atoms with Crippen molar-refractivity contribution in [2.24, 2.45) is 0 Å². The monoisotopic (exact) mass is 567 g/mol. The van der Waals surface area contributed by atoms with Crippen LogP contribution in [-0.2, 0) is 17.8 Å². The van der Waals surface area contributed by atoms with E-state index >= 15 is 0 Å². The Kier molecular flexibility index (Phi) is 7.42. The van der Waals surface area contributed by atoms with Crippen molar-refractivity contribution in [3.8, 4) is 17.1 Å². The first-order valence-corrected chi connectivity index (χ1v) is 12.2. The Hall–Kier alpha value is -3.75. The number of ether oxygens (including phenoxy) is 1. The molecule has 1 fully saturated rings. The van der Waals surface area contributed by atoms with E-state index in [0.717, 1.165) is 9.25 Å². The van der Waals surface area contributed by atoms with Crippen LogP contribution in [-0.4, -0.2) is 72.8 Å². The van der Waals surface area contributed by atoms with Crippen molar-refractivity contribution in [2.75, 3.05) is 31.2 Å². The van der Waals surface area contributed by atoms with E-state index < -0.39 is 30.3 Å². The number of hydrogen-bond donors (Lipinski definition) is 1. The molecule has 10 nitrogen and oxygen atoms in total. The summed E-state index contributed by atoms with van der Waals surface area (Å²) in [5, 5.41) is 18.8. The highest BCUT2D eigenvalue weighted by atomic mass is 35.5. The molecule has 0 aliphatic carbocycles. The quantitative estimate of drug-likeness (QED) is 0.343. The lowest BCUT2D eigenvalue weighted by Crippen LogP contribution is -2.38. The van der Waals surface area contributed by atoms with Gasteiger partial charge in [0.05, 0.1) is 25.4 Å². The van der Waals surface area contributed by atoms with Gasteiger partial charge < -0.3 is 14.7 Å². The van der Waals surface area contributed by atoms with Crippen molar-refractivity contribution in [3.63, 3.8) is 0 Å². The third kappa shape index (κ3) is 5.82. The Balaban J connectivity index is 1.55. The smallest absolute Gasteiger partial charge is 0.382 e. The molecule has 1 saturated heterocycles. The van der Waals surface area contributed by atoms with Crippen LogP contribution in [0.2, 0.25) is 5.02 Å². The zero-order chi connectivity index (χ0) is 27.7. The van der Waals surface area contributed by atoms with E-state index in [1.807, 2.05) is 4.90 Å². The molecule has 5 rings (SSSR count). The van der Waals surface area contributed by atoms with E-state index in [9.17, 15) is 27.5 Å². The molecule has 0 spiro atoms. The van der Waals surface area contributed by atoms with Crippen LogP contribution in [0.4, 0.5) is 23.5 Å². The number of hydrogen-bond acceptors (Lipinski definition) is 7. The lowest BCUT2D eigenvalue weighted by atomic mass is 10.2. The maximum absolute atomic E-state index is 14.0. The Bertz CT molecular complexity index is 1510. The fourth-order valence-corrected chi connectivity index (χ4v) is 4.22. The predicted octanol–water partition coefficient (Wildman–Crippen LogP) is 2.89. The van der Waals surface area contributed by atoms with Crippen LogP contribution < -0.4 is 10.6 Å². The van der Waals surface area contributed by atoms with Crippen molar-refractivity contribution < 1.29 is 27.4 Å². The lowest BCUT2D eigenvalue weighted by Gasteiger charge is -2.27. The van der Waals surface area contributed by atoms with Gasteiger partial charge in [-0.2, -0.15) is 22.8 Å². The van der Waals surface area contributed by atoms with Gasteiger partial charge >= 0.3 is 11.9 Å². The first kappa shape index (κ1) is 26.8. The van der Waals surface area contributed by atoms with Crippen molar-refractivity contribution in [3.05, 3.63) is 75.7 Å². The maximum Gasteiger partial charge on any atom is 0.416 e. The number of alkyl halides is 3. The van der Waals surface area contributed by atoms with Crippen LogP contribution in [0.25, 0.3) is 17.1 Å². The molecule has 0 amide bonds. The van der Waals surface area contributed by atoms with E-state index in [1.54, 1.807) is 6.07 Å². The van der Waals surface area contributed by atoms with Gasteiger partial charge in [0.2, 0.25) is 5.95 Å². The summed E-state index contributed by atoms with van der Waals surface area (Å²) < 4.78 is 61.9. The third-order valence-electron chi connectivity index (χ3n) is 6.03. The summed E-state index contributed by atoms with van der Waals surface area (Å²) >= 11 is 5.93. The van der Waals surface area contributed by atoms with Gasteiger partial charge in [0.25, 0.3) is 0 Å². The minimum Gasteiger partial charge on any atom is -0.382 e. The van der Waals surface area contributed by atoms with Gasteiger partial charge in [-0.3, -0.25) is 4.57 Å². The van der Waals surface area contributed by atoms with E-state index in [2.05, 4.69) is 15.2 Å². The highest BCUT2D eigenvalue weighted by Gasteiger charge is 2.39. The van der Waals surface area contributed by atoms with Gasteiger partial charge in [-0.1, -0.05) is 17.7 Å². The van der Waals surface area contributed by atoms with E-state index in [-0.39, 0.29) is 18.2 Å². The largest absolute Gasteiger partial charge is 0.416 e. The van der Waals surface area contributed by atoms with Crippen LogP contribution in [0.5, 0.6) is 0 Å². The first-order valence-electron chi connectivity index (χ1n) is 11.8. The van der Waals surface area contributed by atoms with Gasteiger partial charge in [0.1, 0.15) is 12.4 Å². The van der Waals surface area contributed by atoms with E-state index in [1.165, 1.54) is 47.1 Å². The van der Waals surface area contributed by atoms with Gasteiger partial charge in [-0.15, -0.1) is 10.2 Å². The zero-order valence-electron chi connectivity index (χ0n) is 20.2. The molecule has 0 unspecified atom stereocenters.